The van der Waals surface area contributed by atoms with E-state index in [0.29, 0.717) is 22.4 Å². The average Bonchev–Trinajstić information content (AvgIpc) is 3.16. The maximum Gasteiger partial charge on any atom is 0.321 e. The van der Waals surface area contributed by atoms with Gasteiger partial charge in [-0.05, 0) is 43.3 Å². The lowest BCUT2D eigenvalue weighted by molar-refractivity contribution is -0.121. The van der Waals surface area contributed by atoms with E-state index in [0.717, 1.165) is 16.9 Å². The predicted molar refractivity (Wildman–Crippen MR) is 126 cm³/mol. The Balaban J connectivity index is 1.52. The van der Waals surface area contributed by atoms with Crippen molar-refractivity contribution in [1.29, 1.82) is 0 Å². The van der Waals surface area contributed by atoms with Crippen LogP contribution in [-0.2, 0) is 16.0 Å². The first-order chi connectivity index (χ1) is 15.9. The molecule has 1 fully saturated rings. The zero-order valence-electron chi connectivity index (χ0n) is 17.7. The van der Waals surface area contributed by atoms with Gasteiger partial charge in [-0.15, -0.1) is 10.2 Å². The van der Waals surface area contributed by atoms with Gasteiger partial charge in [-0.25, -0.2) is 4.79 Å². The Hall–Kier alpha value is -3.37. The summed E-state index contributed by atoms with van der Waals surface area (Å²) >= 11 is 7.28. The summed E-state index contributed by atoms with van der Waals surface area (Å²) in [6, 6.07) is 13.7. The van der Waals surface area contributed by atoms with Crippen LogP contribution in [0.5, 0.6) is 0 Å². The molecule has 4 rings (SSSR count). The fourth-order valence-electron chi connectivity index (χ4n) is 3.36. The number of thioether (sulfide) groups is 1. The van der Waals surface area contributed by atoms with Crippen molar-refractivity contribution in [3.63, 3.8) is 0 Å². The maximum atomic E-state index is 12.5. The monoisotopic (exact) mass is 484 g/mol. The van der Waals surface area contributed by atoms with Crippen molar-refractivity contribution in [2.75, 3.05) is 11.1 Å². The van der Waals surface area contributed by atoms with E-state index in [9.17, 15) is 14.4 Å². The van der Waals surface area contributed by atoms with Crippen LogP contribution in [0.2, 0.25) is 5.02 Å². The molecular formula is C22H21ClN6O3S. The average molecular weight is 485 g/mol. The number of anilines is 1. The number of nitrogens with one attached hydrogen (secondary N) is 3. The molecule has 170 valence electrons. The third-order valence-corrected chi connectivity index (χ3v) is 6.08. The van der Waals surface area contributed by atoms with Gasteiger partial charge < -0.3 is 10.6 Å². The van der Waals surface area contributed by atoms with Crippen LogP contribution in [0.3, 0.4) is 0 Å². The second-order valence-corrected chi connectivity index (χ2v) is 8.92. The molecule has 0 aliphatic carbocycles. The molecule has 1 unspecified atom stereocenters. The van der Waals surface area contributed by atoms with Crippen molar-refractivity contribution in [2.45, 2.75) is 31.0 Å². The summed E-state index contributed by atoms with van der Waals surface area (Å²) in [6.07, 6.45) is 0.436. The fraction of sp³-hybridized carbons (Fsp3) is 0.227. The van der Waals surface area contributed by atoms with Crippen molar-refractivity contribution in [3.8, 4) is 5.69 Å². The highest BCUT2D eigenvalue weighted by molar-refractivity contribution is 7.99. The predicted octanol–water partition coefficient (Wildman–Crippen LogP) is 3.10. The topological polar surface area (TPSA) is 118 Å². The molecule has 1 aliphatic heterocycles. The summed E-state index contributed by atoms with van der Waals surface area (Å²) in [5.41, 5.74) is 2.59. The number of imide groups is 1. The van der Waals surface area contributed by atoms with E-state index in [-0.39, 0.29) is 24.0 Å². The number of carbonyl (C=O) groups is 3. The quantitative estimate of drug-likeness (QED) is 0.443. The van der Waals surface area contributed by atoms with Gasteiger partial charge in [-0.3, -0.25) is 19.5 Å². The Bertz CT molecular complexity index is 1160. The van der Waals surface area contributed by atoms with Crippen LogP contribution in [0.15, 0.2) is 53.7 Å². The minimum absolute atomic E-state index is 0.127. The van der Waals surface area contributed by atoms with Gasteiger partial charge in [0.2, 0.25) is 11.8 Å². The van der Waals surface area contributed by atoms with Gasteiger partial charge in [0, 0.05) is 35.3 Å². The lowest BCUT2D eigenvalue weighted by Gasteiger charge is -2.23. The van der Waals surface area contributed by atoms with Crippen LogP contribution in [0, 0.1) is 6.92 Å². The summed E-state index contributed by atoms with van der Waals surface area (Å²) in [5, 5.41) is 17.4. The first-order valence-corrected chi connectivity index (χ1v) is 11.5. The standard InChI is InChI=1S/C22H21ClN6O3S/c1-13-2-6-15(7-3-13)24-20(31)12-33-22-28-27-18(10-16-11-19(30)26-21(32)25-16)29(22)17-8-4-14(23)5-9-17/h2-9,16H,10-12H2,1H3,(H,24,31)(H2,25,26,30,32). The van der Waals surface area contributed by atoms with Gasteiger partial charge in [-0.2, -0.15) is 0 Å². The molecule has 2 heterocycles. The highest BCUT2D eigenvalue weighted by Gasteiger charge is 2.27. The van der Waals surface area contributed by atoms with Gasteiger partial charge in [0.1, 0.15) is 5.82 Å². The highest BCUT2D eigenvalue weighted by Crippen LogP contribution is 2.25. The Morgan fingerprint density at radius 3 is 2.58 bits per heavy atom. The van der Waals surface area contributed by atoms with Crippen molar-refractivity contribution in [2.24, 2.45) is 0 Å². The van der Waals surface area contributed by atoms with Crippen molar-refractivity contribution >= 4 is 46.9 Å². The molecule has 1 saturated heterocycles. The van der Waals surface area contributed by atoms with Crippen molar-refractivity contribution < 1.29 is 14.4 Å². The molecule has 11 heteroatoms. The number of halogens is 1. The highest BCUT2D eigenvalue weighted by atomic mass is 35.5. The number of amides is 4. The van der Waals surface area contributed by atoms with Crippen molar-refractivity contribution in [1.82, 2.24) is 25.4 Å². The largest absolute Gasteiger partial charge is 0.334 e. The lowest BCUT2D eigenvalue weighted by Crippen LogP contribution is -2.53. The molecule has 0 radical (unpaired) electrons. The number of benzene rings is 2. The number of carbonyl (C=O) groups excluding carboxylic acids is 3. The zero-order valence-corrected chi connectivity index (χ0v) is 19.2. The second kappa shape index (κ2) is 10.1. The van der Waals surface area contributed by atoms with E-state index in [4.69, 9.17) is 11.6 Å². The first kappa shape index (κ1) is 22.8. The second-order valence-electron chi connectivity index (χ2n) is 7.54. The van der Waals surface area contributed by atoms with Crippen molar-refractivity contribution in [3.05, 3.63) is 64.9 Å². The van der Waals surface area contributed by atoms with E-state index in [1.807, 2.05) is 43.3 Å². The summed E-state index contributed by atoms with van der Waals surface area (Å²) in [5.74, 6) is 0.164. The Labute approximate surface area is 199 Å². The molecular weight excluding hydrogens is 464 g/mol. The molecule has 1 aliphatic rings. The maximum absolute atomic E-state index is 12.5. The van der Waals surface area contributed by atoms with Crippen LogP contribution < -0.4 is 16.0 Å². The van der Waals surface area contributed by atoms with Crippen LogP contribution in [0.4, 0.5) is 10.5 Å². The van der Waals surface area contributed by atoms with E-state index >= 15 is 0 Å². The molecule has 0 saturated carbocycles. The van der Waals surface area contributed by atoms with E-state index in [1.54, 1.807) is 16.7 Å². The SMILES string of the molecule is Cc1ccc(NC(=O)CSc2nnc(CC3CC(=O)NC(=O)N3)n2-c2ccc(Cl)cc2)cc1. The third-order valence-electron chi connectivity index (χ3n) is 4.90. The summed E-state index contributed by atoms with van der Waals surface area (Å²) in [6.45, 7) is 1.98. The molecule has 0 bridgehead atoms. The number of hydrogen-bond acceptors (Lipinski definition) is 6. The van der Waals surface area contributed by atoms with Crippen LogP contribution in [-0.4, -0.2) is 44.4 Å². The van der Waals surface area contributed by atoms with Gasteiger partial charge in [-0.1, -0.05) is 41.1 Å². The van der Waals surface area contributed by atoms with Gasteiger partial charge in [0.05, 0.1) is 5.75 Å². The number of aryl methyl sites for hydroxylation is 1. The van der Waals surface area contributed by atoms with Crippen LogP contribution >= 0.6 is 23.4 Å². The van der Waals surface area contributed by atoms with Gasteiger partial charge >= 0.3 is 6.03 Å². The van der Waals surface area contributed by atoms with E-state index in [2.05, 4.69) is 26.1 Å². The Morgan fingerprint density at radius 1 is 1.15 bits per heavy atom. The van der Waals surface area contributed by atoms with Crippen LogP contribution in [0.1, 0.15) is 17.8 Å². The Morgan fingerprint density at radius 2 is 1.88 bits per heavy atom. The number of urea groups is 1. The molecule has 1 atom stereocenters. The number of rotatable bonds is 7. The molecule has 1 aromatic heterocycles. The van der Waals surface area contributed by atoms with Gasteiger partial charge in [0.25, 0.3) is 0 Å². The normalized spacial score (nSPS) is 15.6. The molecule has 2 aromatic carbocycles. The smallest absolute Gasteiger partial charge is 0.321 e. The zero-order chi connectivity index (χ0) is 23.4. The summed E-state index contributed by atoms with van der Waals surface area (Å²) in [4.78, 5) is 35.9. The third kappa shape index (κ3) is 5.91. The minimum Gasteiger partial charge on any atom is -0.334 e. The fourth-order valence-corrected chi connectivity index (χ4v) is 4.25. The number of aromatic nitrogens is 3. The molecule has 0 spiro atoms. The van der Waals surface area contributed by atoms with E-state index < -0.39 is 12.1 Å². The Kier molecular flexibility index (Phi) is 6.95. The lowest BCUT2D eigenvalue weighted by atomic mass is 10.1. The summed E-state index contributed by atoms with van der Waals surface area (Å²) in [7, 11) is 0. The molecule has 33 heavy (non-hydrogen) atoms. The molecule has 9 nitrogen and oxygen atoms in total. The van der Waals surface area contributed by atoms with Gasteiger partial charge in [0.15, 0.2) is 5.16 Å². The molecule has 3 aromatic rings. The van der Waals surface area contributed by atoms with Crippen LogP contribution in [0.25, 0.3) is 5.69 Å². The minimum atomic E-state index is -0.531. The number of hydrogen-bond donors (Lipinski definition) is 3. The first-order valence-electron chi connectivity index (χ1n) is 10.2. The van der Waals surface area contributed by atoms with E-state index in [1.165, 1.54) is 11.8 Å². The molecule has 3 N–H and O–H groups in total. The summed E-state index contributed by atoms with van der Waals surface area (Å²) < 4.78 is 1.80. The molecule has 4 amide bonds. The number of nitrogens with zero attached hydrogens (tertiary/aromatic N) is 3.